The molecular weight excluding hydrogens is 841 g/mol. The van der Waals surface area contributed by atoms with Gasteiger partial charge in [0.2, 0.25) is 0 Å². The van der Waals surface area contributed by atoms with E-state index in [1.807, 2.05) is 0 Å². The number of hydrogen-bond donors (Lipinski definition) is 0. The Morgan fingerprint density at radius 2 is 0.529 bits per heavy atom. The van der Waals surface area contributed by atoms with Gasteiger partial charge in [-0.2, -0.15) is 0 Å². The Morgan fingerprint density at radius 3 is 0.824 bits per heavy atom. The molecule has 0 amide bonds. The molecule has 0 N–H and O–H groups in total. The SMILES string of the molecule is CCCCCCC/C=C\C/C=C\CCCCCCCCCCCCCCCCCCCC(=O)OCC(COC(=O)CCCCCCC)OC(=O)CCCCCCC/C=C\CCCCCCCCC. The number of carbonyl (C=O) groups excluding carboxylic acids is 3. The summed E-state index contributed by atoms with van der Waals surface area (Å²) in [7, 11) is 0. The molecular formula is C62H114O6. The van der Waals surface area contributed by atoms with Gasteiger partial charge in [0.05, 0.1) is 0 Å². The molecule has 1 atom stereocenters. The molecule has 6 heteroatoms. The molecule has 0 aromatic carbocycles. The molecule has 0 aromatic heterocycles. The van der Waals surface area contributed by atoms with Crippen molar-refractivity contribution in [3.63, 3.8) is 0 Å². The van der Waals surface area contributed by atoms with Gasteiger partial charge in [0.1, 0.15) is 13.2 Å². The largest absolute Gasteiger partial charge is 0.462 e. The lowest BCUT2D eigenvalue weighted by molar-refractivity contribution is -0.167. The van der Waals surface area contributed by atoms with Crippen LogP contribution in [0.25, 0.3) is 0 Å². The summed E-state index contributed by atoms with van der Waals surface area (Å²) in [5, 5.41) is 0. The number of rotatable bonds is 55. The van der Waals surface area contributed by atoms with Crippen molar-refractivity contribution < 1.29 is 28.6 Å². The molecule has 0 aliphatic heterocycles. The topological polar surface area (TPSA) is 78.9 Å². The van der Waals surface area contributed by atoms with E-state index >= 15 is 0 Å². The third-order valence-corrected chi connectivity index (χ3v) is 13.4. The van der Waals surface area contributed by atoms with Gasteiger partial charge >= 0.3 is 17.9 Å². The maximum absolute atomic E-state index is 12.8. The molecule has 0 saturated carbocycles. The molecule has 0 radical (unpaired) electrons. The van der Waals surface area contributed by atoms with Gasteiger partial charge in [-0.25, -0.2) is 0 Å². The van der Waals surface area contributed by atoms with Crippen LogP contribution in [-0.4, -0.2) is 37.2 Å². The van der Waals surface area contributed by atoms with Crippen molar-refractivity contribution in [1.29, 1.82) is 0 Å². The molecule has 0 aromatic rings. The molecule has 0 spiro atoms. The third kappa shape index (κ3) is 54.6. The number of carbonyl (C=O) groups is 3. The van der Waals surface area contributed by atoms with E-state index in [1.54, 1.807) is 0 Å². The highest BCUT2D eigenvalue weighted by Crippen LogP contribution is 2.17. The number of hydrogen-bond acceptors (Lipinski definition) is 6. The lowest BCUT2D eigenvalue weighted by Crippen LogP contribution is -2.30. The van der Waals surface area contributed by atoms with Crippen LogP contribution < -0.4 is 0 Å². The van der Waals surface area contributed by atoms with Crippen molar-refractivity contribution in [1.82, 2.24) is 0 Å². The highest BCUT2D eigenvalue weighted by atomic mass is 16.6. The first-order valence-electron chi connectivity index (χ1n) is 30.0. The van der Waals surface area contributed by atoms with E-state index in [0.717, 1.165) is 77.0 Å². The average Bonchev–Trinajstić information content (AvgIpc) is 3.34. The van der Waals surface area contributed by atoms with Crippen molar-refractivity contribution >= 4 is 17.9 Å². The minimum Gasteiger partial charge on any atom is -0.462 e. The Labute approximate surface area is 423 Å². The fraction of sp³-hybridized carbons (Fsp3) is 0.855. The molecule has 0 rings (SSSR count). The molecule has 1 unspecified atom stereocenters. The van der Waals surface area contributed by atoms with Gasteiger partial charge in [-0.1, -0.05) is 263 Å². The fourth-order valence-corrected chi connectivity index (χ4v) is 8.82. The Bertz CT molecular complexity index is 1140. The minimum atomic E-state index is -0.770. The van der Waals surface area contributed by atoms with Crippen LogP contribution in [0.3, 0.4) is 0 Å². The van der Waals surface area contributed by atoms with E-state index in [2.05, 4.69) is 57.2 Å². The molecule has 398 valence electrons. The van der Waals surface area contributed by atoms with E-state index in [9.17, 15) is 14.4 Å². The number of ether oxygens (including phenoxy) is 3. The second kappa shape index (κ2) is 57.2. The summed E-state index contributed by atoms with van der Waals surface area (Å²) in [6.45, 7) is 6.57. The maximum atomic E-state index is 12.8. The zero-order chi connectivity index (χ0) is 49.3. The summed E-state index contributed by atoms with van der Waals surface area (Å²) in [4.78, 5) is 37.8. The summed E-state index contributed by atoms with van der Waals surface area (Å²) in [5.41, 5.74) is 0. The van der Waals surface area contributed by atoms with Crippen molar-refractivity contribution in [2.75, 3.05) is 13.2 Å². The van der Waals surface area contributed by atoms with Gasteiger partial charge in [0.15, 0.2) is 6.10 Å². The van der Waals surface area contributed by atoms with E-state index in [1.165, 1.54) is 205 Å². The summed E-state index contributed by atoms with van der Waals surface area (Å²) in [6, 6.07) is 0. The monoisotopic (exact) mass is 955 g/mol. The first-order chi connectivity index (χ1) is 33.5. The lowest BCUT2D eigenvalue weighted by Gasteiger charge is -2.18. The van der Waals surface area contributed by atoms with Gasteiger partial charge in [0, 0.05) is 19.3 Å². The fourth-order valence-electron chi connectivity index (χ4n) is 8.82. The highest BCUT2D eigenvalue weighted by Gasteiger charge is 2.19. The minimum absolute atomic E-state index is 0.0723. The van der Waals surface area contributed by atoms with Crippen molar-refractivity contribution in [2.45, 2.75) is 329 Å². The smallest absolute Gasteiger partial charge is 0.306 e. The van der Waals surface area contributed by atoms with Crippen LogP contribution in [0.2, 0.25) is 0 Å². The van der Waals surface area contributed by atoms with Crippen LogP contribution in [-0.2, 0) is 28.6 Å². The van der Waals surface area contributed by atoms with Crippen molar-refractivity contribution in [3.05, 3.63) is 36.5 Å². The van der Waals surface area contributed by atoms with E-state index < -0.39 is 6.10 Å². The summed E-state index contributed by atoms with van der Waals surface area (Å²) >= 11 is 0. The summed E-state index contributed by atoms with van der Waals surface area (Å²) in [6.07, 6.45) is 69.1. The molecule has 0 aliphatic rings. The Kier molecular flexibility index (Phi) is 55.2. The van der Waals surface area contributed by atoms with E-state index in [-0.39, 0.29) is 31.1 Å². The van der Waals surface area contributed by atoms with Gasteiger partial charge in [-0.05, 0) is 77.0 Å². The highest BCUT2D eigenvalue weighted by molar-refractivity contribution is 5.71. The van der Waals surface area contributed by atoms with Gasteiger partial charge < -0.3 is 14.2 Å². The standard InChI is InChI=1S/C62H114O6/c1-4-7-10-13-15-17-19-21-23-25-26-27-28-29-30-31-32-33-34-35-36-37-39-40-42-44-46-49-52-55-61(64)67-58-59(57-66-60(63)54-51-48-12-9-6-3)68-62(65)56-53-50-47-45-43-41-38-24-22-20-18-16-14-11-8-5-2/h19,21,24-26,38,59H,4-18,20,22-23,27-37,39-58H2,1-3H3/b21-19-,26-25-,38-24-. The Balaban J connectivity index is 3.97. The molecule has 0 bridgehead atoms. The van der Waals surface area contributed by atoms with Gasteiger partial charge in [0.25, 0.3) is 0 Å². The number of esters is 3. The first kappa shape index (κ1) is 65.6. The number of unbranched alkanes of at least 4 members (excludes halogenated alkanes) is 38. The molecule has 0 heterocycles. The van der Waals surface area contributed by atoms with Crippen LogP contribution in [0, 0.1) is 0 Å². The Hall–Kier alpha value is -2.37. The average molecular weight is 956 g/mol. The van der Waals surface area contributed by atoms with Gasteiger partial charge in [-0.15, -0.1) is 0 Å². The maximum Gasteiger partial charge on any atom is 0.306 e. The first-order valence-corrected chi connectivity index (χ1v) is 30.0. The molecule has 0 saturated heterocycles. The van der Waals surface area contributed by atoms with Crippen LogP contribution in [0.1, 0.15) is 323 Å². The molecule has 68 heavy (non-hydrogen) atoms. The third-order valence-electron chi connectivity index (χ3n) is 13.4. The zero-order valence-electron chi connectivity index (χ0n) is 45.6. The predicted molar refractivity (Wildman–Crippen MR) is 293 cm³/mol. The van der Waals surface area contributed by atoms with Crippen LogP contribution in [0.4, 0.5) is 0 Å². The van der Waals surface area contributed by atoms with Crippen molar-refractivity contribution in [2.24, 2.45) is 0 Å². The predicted octanol–water partition coefficient (Wildman–Crippen LogP) is 20.0. The van der Waals surface area contributed by atoms with Crippen LogP contribution in [0.5, 0.6) is 0 Å². The Morgan fingerprint density at radius 1 is 0.294 bits per heavy atom. The van der Waals surface area contributed by atoms with Crippen LogP contribution in [0.15, 0.2) is 36.5 Å². The second-order valence-electron chi connectivity index (χ2n) is 20.3. The van der Waals surface area contributed by atoms with E-state index in [4.69, 9.17) is 14.2 Å². The molecule has 0 fully saturated rings. The van der Waals surface area contributed by atoms with Gasteiger partial charge in [-0.3, -0.25) is 14.4 Å². The molecule has 0 aliphatic carbocycles. The van der Waals surface area contributed by atoms with Crippen molar-refractivity contribution in [3.8, 4) is 0 Å². The second-order valence-corrected chi connectivity index (χ2v) is 20.3. The number of allylic oxidation sites excluding steroid dienone is 6. The quantitative estimate of drug-likeness (QED) is 0.0262. The lowest BCUT2D eigenvalue weighted by atomic mass is 10.0. The molecule has 6 nitrogen and oxygen atoms in total. The summed E-state index contributed by atoms with van der Waals surface area (Å²) < 4.78 is 16.7. The van der Waals surface area contributed by atoms with E-state index in [0.29, 0.717) is 19.3 Å². The summed E-state index contributed by atoms with van der Waals surface area (Å²) in [5.74, 6) is -0.880. The normalized spacial score (nSPS) is 12.2. The zero-order valence-corrected chi connectivity index (χ0v) is 45.6. The van der Waals surface area contributed by atoms with Crippen LogP contribution >= 0.6 is 0 Å².